The van der Waals surface area contributed by atoms with E-state index in [0.29, 0.717) is 11.7 Å². The number of nitrogen functional groups attached to an aromatic ring is 1. The Morgan fingerprint density at radius 1 is 1.17 bits per heavy atom. The van der Waals surface area contributed by atoms with Crippen molar-refractivity contribution in [1.82, 2.24) is 19.6 Å². The summed E-state index contributed by atoms with van der Waals surface area (Å²) in [6.45, 7) is 1.87. The molecule has 0 bridgehead atoms. The lowest BCUT2D eigenvalue weighted by Crippen LogP contribution is -1.98. The molecule has 0 aliphatic heterocycles. The number of nitrogens with two attached hydrogens (primary N) is 1. The summed E-state index contributed by atoms with van der Waals surface area (Å²) in [5.41, 5.74) is 10.5. The normalized spacial score (nSPS) is 11.4. The maximum Gasteiger partial charge on any atom is 0.221 e. The molecule has 0 atom stereocenters. The van der Waals surface area contributed by atoms with Gasteiger partial charge in [-0.15, -0.1) is 0 Å². The van der Waals surface area contributed by atoms with Crippen LogP contribution in [0.4, 0.5) is 5.95 Å². The number of nitrogens with one attached hydrogen (secondary N) is 1. The fourth-order valence-electron chi connectivity index (χ4n) is 3.02. The summed E-state index contributed by atoms with van der Waals surface area (Å²) in [4.78, 5) is 12.1. The van der Waals surface area contributed by atoms with Gasteiger partial charge >= 0.3 is 0 Å². The second-order valence-electron chi connectivity index (χ2n) is 6.61. The summed E-state index contributed by atoms with van der Waals surface area (Å²) in [7, 11) is 3.32. The molecule has 0 spiro atoms. The average molecular weight is 423 g/mol. The Labute approximate surface area is 178 Å². The van der Waals surface area contributed by atoms with E-state index in [1.165, 1.54) is 0 Å². The van der Waals surface area contributed by atoms with Gasteiger partial charge in [0.2, 0.25) is 5.95 Å². The van der Waals surface area contributed by atoms with Crippen LogP contribution in [0.25, 0.3) is 11.0 Å². The molecule has 0 amide bonds. The second kappa shape index (κ2) is 8.50. The number of H-pyrrole nitrogens is 1. The van der Waals surface area contributed by atoms with Crippen LogP contribution < -0.4 is 15.2 Å². The van der Waals surface area contributed by atoms with E-state index in [1.807, 2.05) is 43.3 Å². The number of aromatic nitrogens is 4. The zero-order chi connectivity index (χ0) is 21.1. The minimum absolute atomic E-state index is 0.356. The van der Waals surface area contributed by atoms with Crippen LogP contribution in [0.3, 0.4) is 0 Å². The third-order valence-electron chi connectivity index (χ3n) is 4.50. The Morgan fingerprint density at radius 2 is 2.03 bits per heavy atom. The van der Waals surface area contributed by atoms with Crippen molar-refractivity contribution in [3.8, 4) is 11.5 Å². The van der Waals surface area contributed by atoms with Gasteiger partial charge in [0.1, 0.15) is 11.5 Å². The number of imidazole rings is 2. The lowest BCUT2D eigenvalue weighted by Gasteiger charge is -2.08. The van der Waals surface area contributed by atoms with E-state index in [1.54, 1.807) is 43.1 Å². The highest BCUT2D eigenvalue weighted by Gasteiger charge is 2.09. The summed E-state index contributed by atoms with van der Waals surface area (Å²) in [6.07, 6.45) is 3.53. The summed E-state index contributed by atoms with van der Waals surface area (Å²) in [5.74, 6) is 2.66. The predicted octanol–water partition coefficient (Wildman–Crippen LogP) is 3.84. The van der Waals surface area contributed by atoms with Crippen LogP contribution in [0.2, 0.25) is 0 Å². The van der Waals surface area contributed by atoms with Crippen molar-refractivity contribution in [3.63, 3.8) is 0 Å². The van der Waals surface area contributed by atoms with E-state index in [2.05, 4.69) is 20.1 Å². The summed E-state index contributed by atoms with van der Waals surface area (Å²) in [6, 6.07) is 11.7. The standard InChI is InChI=1S/C21H22N6O2S/c1-13-11-27(20(22)24-13)23-10-14-4-7-19(29-3)15(8-14)12-30-21-25-17-6-5-16(28-2)9-18(17)26-21/h4-11H,12H2,1-3H3,(H2,22,24)(H,25,26). The molecule has 0 saturated carbocycles. The van der Waals surface area contributed by atoms with Gasteiger partial charge in [-0.1, -0.05) is 11.8 Å². The van der Waals surface area contributed by atoms with Gasteiger partial charge < -0.3 is 20.2 Å². The first-order valence-electron chi connectivity index (χ1n) is 9.25. The van der Waals surface area contributed by atoms with Crippen molar-refractivity contribution in [2.75, 3.05) is 20.0 Å². The van der Waals surface area contributed by atoms with Gasteiger partial charge in [-0.25, -0.2) is 14.6 Å². The van der Waals surface area contributed by atoms with Crippen LogP contribution in [0, 0.1) is 6.92 Å². The molecule has 30 heavy (non-hydrogen) atoms. The number of nitrogens with zero attached hydrogens (tertiary/aromatic N) is 4. The second-order valence-corrected chi connectivity index (χ2v) is 7.58. The lowest BCUT2D eigenvalue weighted by atomic mass is 10.1. The molecule has 9 heteroatoms. The molecule has 0 radical (unpaired) electrons. The molecule has 2 aromatic heterocycles. The van der Waals surface area contributed by atoms with Gasteiger partial charge in [0, 0.05) is 17.4 Å². The van der Waals surface area contributed by atoms with Crippen molar-refractivity contribution >= 4 is 35.0 Å². The van der Waals surface area contributed by atoms with Crippen LogP contribution in [-0.2, 0) is 5.75 Å². The van der Waals surface area contributed by atoms with E-state index in [-0.39, 0.29) is 0 Å². The Bertz CT molecular complexity index is 1210. The van der Waals surface area contributed by atoms with Crippen LogP contribution in [0.1, 0.15) is 16.8 Å². The van der Waals surface area contributed by atoms with Crippen molar-refractivity contribution in [3.05, 3.63) is 59.4 Å². The van der Waals surface area contributed by atoms with Crippen LogP contribution >= 0.6 is 11.8 Å². The van der Waals surface area contributed by atoms with Gasteiger partial charge in [0.15, 0.2) is 5.16 Å². The fraction of sp³-hybridized carbons (Fsp3) is 0.190. The number of ether oxygens (including phenoxy) is 2. The number of thioether (sulfide) groups is 1. The number of hydrogen-bond donors (Lipinski definition) is 2. The molecule has 2 heterocycles. The Balaban J connectivity index is 1.53. The highest BCUT2D eigenvalue weighted by Crippen LogP contribution is 2.29. The van der Waals surface area contributed by atoms with Crippen molar-refractivity contribution < 1.29 is 9.47 Å². The molecule has 154 valence electrons. The smallest absolute Gasteiger partial charge is 0.221 e. The summed E-state index contributed by atoms with van der Waals surface area (Å²) in [5, 5.41) is 5.22. The molecule has 8 nitrogen and oxygen atoms in total. The number of anilines is 1. The van der Waals surface area contributed by atoms with Gasteiger partial charge in [-0.05, 0) is 42.8 Å². The molecule has 0 aliphatic rings. The SMILES string of the molecule is COc1ccc2nc(SCc3cc(C=Nn4cc(C)nc4N)ccc3OC)[nH]c2c1. The number of fused-ring (bicyclic) bond motifs is 1. The van der Waals surface area contributed by atoms with Gasteiger partial charge in [-0.3, -0.25) is 0 Å². The topological polar surface area (TPSA) is 103 Å². The van der Waals surface area contributed by atoms with Crippen LogP contribution in [-0.4, -0.2) is 40.1 Å². The van der Waals surface area contributed by atoms with Gasteiger partial charge in [0.05, 0.1) is 43.4 Å². The monoisotopic (exact) mass is 422 g/mol. The molecule has 3 N–H and O–H groups in total. The van der Waals surface area contributed by atoms with Crippen LogP contribution in [0.15, 0.2) is 52.9 Å². The van der Waals surface area contributed by atoms with E-state index in [4.69, 9.17) is 15.2 Å². The maximum atomic E-state index is 5.84. The molecular formula is C21H22N6O2S. The van der Waals surface area contributed by atoms with Gasteiger partial charge in [-0.2, -0.15) is 5.10 Å². The highest BCUT2D eigenvalue weighted by atomic mass is 32.2. The number of aryl methyl sites for hydroxylation is 1. The van der Waals surface area contributed by atoms with Crippen molar-refractivity contribution in [1.29, 1.82) is 0 Å². The number of rotatable bonds is 7. The first-order valence-corrected chi connectivity index (χ1v) is 10.2. The third kappa shape index (κ3) is 4.25. The molecule has 2 aromatic carbocycles. The summed E-state index contributed by atoms with van der Waals surface area (Å²) >= 11 is 1.60. The van der Waals surface area contributed by atoms with E-state index < -0.39 is 0 Å². The van der Waals surface area contributed by atoms with Crippen LogP contribution in [0.5, 0.6) is 11.5 Å². The van der Waals surface area contributed by atoms with E-state index >= 15 is 0 Å². The predicted molar refractivity (Wildman–Crippen MR) is 120 cm³/mol. The Kier molecular flexibility index (Phi) is 5.62. The van der Waals surface area contributed by atoms with E-state index in [9.17, 15) is 0 Å². The minimum Gasteiger partial charge on any atom is -0.497 e. The first-order chi connectivity index (χ1) is 14.6. The van der Waals surface area contributed by atoms with Crippen molar-refractivity contribution in [2.45, 2.75) is 17.8 Å². The number of hydrogen-bond acceptors (Lipinski definition) is 7. The lowest BCUT2D eigenvalue weighted by molar-refractivity contribution is 0.411. The Morgan fingerprint density at radius 3 is 2.77 bits per heavy atom. The number of methoxy groups -OCH3 is 2. The average Bonchev–Trinajstić information content (AvgIpc) is 3.31. The van der Waals surface area contributed by atoms with Crippen molar-refractivity contribution in [2.24, 2.45) is 5.10 Å². The molecule has 0 aliphatic carbocycles. The molecule has 4 rings (SSSR count). The maximum absolute atomic E-state index is 5.84. The molecular weight excluding hydrogens is 400 g/mol. The molecule has 4 aromatic rings. The zero-order valence-electron chi connectivity index (χ0n) is 16.9. The Hall–Kier alpha value is -3.46. The quantitative estimate of drug-likeness (QED) is 0.346. The van der Waals surface area contributed by atoms with Gasteiger partial charge in [0.25, 0.3) is 0 Å². The molecule has 0 unspecified atom stereocenters. The largest absolute Gasteiger partial charge is 0.497 e. The highest BCUT2D eigenvalue weighted by molar-refractivity contribution is 7.98. The molecule has 0 fully saturated rings. The number of aromatic amines is 1. The van der Waals surface area contributed by atoms with E-state index in [0.717, 1.165) is 44.5 Å². The fourth-order valence-corrected chi connectivity index (χ4v) is 3.89. The molecule has 0 saturated heterocycles. The number of benzene rings is 2. The third-order valence-corrected chi connectivity index (χ3v) is 5.42. The summed E-state index contributed by atoms with van der Waals surface area (Å²) < 4.78 is 12.3. The zero-order valence-corrected chi connectivity index (χ0v) is 17.7. The minimum atomic E-state index is 0.356. The first kappa shape index (κ1) is 19.8.